The molecule has 13 heavy (non-hydrogen) atoms. The summed E-state index contributed by atoms with van der Waals surface area (Å²) in [4.78, 5) is 0. The maximum Gasteiger partial charge on any atom is 0.123 e. The van der Waals surface area contributed by atoms with Crippen LogP contribution in [0.1, 0.15) is 6.92 Å². The van der Waals surface area contributed by atoms with E-state index in [1.165, 1.54) is 0 Å². The molecule has 0 saturated heterocycles. The van der Waals surface area contributed by atoms with Gasteiger partial charge in [-0.2, -0.15) is 10.4 Å². The second kappa shape index (κ2) is 3.90. The molecule has 1 aromatic heterocycles. The number of rotatable bonds is 3. The van der Waals surface area contributed by atoms with Crippen LogP contribution >= 0.6 is 15.9 Å². The summed E-state index contributed by atoms with van der Waals surface area (Å²) in [6.45, 7) is 2.37. The average molecular weight is 243 g/mol. The molecule has 4 nitrogen and oxygen atoms in total. The summed E-state index contributed by atoms with van der Waals surface area (Å²) in [6, 6.07) is 2.20. The highest BCUT2D eigenvalue weighted by Gasteiger charge is 2.21. The van der Waals surface area contributed by atoms with Crippen LogP contribution in [0.3, 0.4) is 0 Å². The van der Waals surface area contributed by atoms with Crippen molar-refractivity contribution < 1.29 is 0 Å². The van der Waals surface area contributed by atoms with Crippen molar-refractivity contribution in [1.29, 1.82) is 5.26 Å². The van der Waals surface area contributed by atoms with E-state index in [1.54, 1.807) is 17.9 Å². The van der Waals surface area contributed by atoms with Crippen molar-refractivity contribution in [3.8, 4) is 6.07 Å². The summed E-state index contributed by atoms with van der Waals surface area (Å²) in [5.41, 5.74) is -0.564. The van der Waals surface area contributed by atoms with Gasteiger partial charge < -0.3 is 5.32 Å². The maximum atomic E-state index is 8.89. The zero-order valence-corrected chi connectivity index (χ0v) is 9.17. The number of hydrogen-bond donors (Lipinski definition) is 1. The van der Waals surface area contributed by atoms with Gasteiger partial charge in [-0.3, -0.25) is 4.68 Å². The van der Waals surface area contributed by atoms with Crippen LogP contribution in [0, 0.1) is 11.3 Å². The number of halogens is 1. The number of aromatic nitrogens is 2. The molecule has 1 atom stereocenters. The van der Waals surface area contributed by atoms with Gasteiger partial charge in [0, 0.05) is 6.20 Å². The molecule has 0 aliphatic carbocycles. The van der Waals surface area contributed by atoms with Crippen LogP contribution in [-0.2, 0) is 6.54 Å². The number of nitriles is 1. The lowest BCUT2D eigenvalue weighted by molar-refractivity contribution is 0.396. The minimum atomic E-state index is -0.564. The molecule has 0 radical (unpaired) electrons. The third kappa shape index (κ3) is 2.54. The van der Waals surface area contributed by atoms with Crippen molar-refractivity contribution >= 4 is 15.9 Å². The summed E-state index contributed by atoms with van der Waals surface area (Å²) in [7, 11) is 1.77. The Morgan fingerprint density at radius 3 is 2.92 bits per heavy atom. The molecule has 0 amide bonds. The fourth-order valence-corrected chi connectivity index (χ4v) is 1.25. The molecule has 0 fully saturated rings. The van der Waals surface area contributed by atoms with Gasteiger partial charge in [0.1, 0.15) is 5.54 Å². The molecule has 0 aliphatic rings. The van der Waals surface area contributed by atoms with Crippen molar-refractivity contribution in [1.82, 2.24) is 15.1 Å². The molecule has 0 saturated carbocycles. The monoisotopic (exact) mass is 242 g/mol. The summed E-state index contributed by atoms with van der Waals surface area (Å²) < 4.78 is 2.65. The Morgan fingerprint density at radius 2 is 2.54 bits per heavy atom. The Morgan fingerprint density at radius 1 is 1.85 bits per heavy atom. The summed E-state index contributed by atoms with van der Waals surface area (Å²) in [6.07, 6.45) is 3.54. The van der Waals surface area contributed by atoms with Gasteiger partial charge in [-0.25, -0.2) is 0 Å². The van der Waals surface area contributed by atoms with E-state index in [4.69, 9.17) is 5.26 Å². The van der Waals surface area contributed by atoms with Crippen LogP contribution in [0.15, 0.2) is 16.9 Å². The van der Waals surface area contributed by atoms with Gasteiger partial charge in [0.05, 0.1) is 23.3 Å². The third-order valence-electron chi connectivity index (χ3n) is 1.88. The molecule has 1 N–H and O–H groups in total. The van der Waals surface area contributed by atoms with Crippen molar-refractivity contribution in [2.24, 2.45) is 0 Å². The Bertz CT molecular complexity index is 327. The van der Waals surface area contributed by atoms with Crippen LogP contribution in [0.2, 0.25) is 0 Å². The van der Waals surface area contributed by atoms with Gasteiger partial charge in [0.25, 0.3) is 0 Å². The van der Waals surface area contributed by atoms with Crippen LogP contribution < -0.4 is 5.32 Å². The average Bonchev–Trinajstić information content (AvgIpc) is 2.51. The molecule has 1 rings (SSSR count). The fourth-order valence-electron chi connectivity index (χ4n) is 0.919. The van der Waals surface area contributed by atoms with Crippen molar-refractivity contribution in [3.05, 3.63) is 16.9 Å². The highest BCUT2D eigenvalue weighted by molar-refractivity contribution is 9.10. The smallest absolute Gasteiger partial charge is 0.123 e. The number of likely N-dealkylation sites (N-methyl/N-ethyl adjacent to an activating group) is 1. The maximum absolute atomic E-state index is 8.89. The highest BCUT2D eigenvalue weighted by atomic mass is 79.9. The standard InChI is InChI=1S/C8H11BrN4/c1-8(5-10,11-2)6-13-4-7(9)3-12-13/h3-4,11H,6H2,1-2H3. The van der Waals surface area contributed by atoms with E-state index in [1.807, 2.05) is 13.1 Å². The quantitative estimate of drug-likeness (QED) is 0.866. The second-order valence-electron chi connectivity index (χ2n) is 3.05. The topological polar surface area (TPSA) is 53.6 Å². The van der Waals surface area contributed by atoms with Crippen LogP contribution in [0.5, 0.6) is 0 Å². The van der Waals surface area contributed by atoms with E-state index in [0.29, 0.717) is 6.54 Å². The first-order chi connectivity index (χ1) is 6.09. The van der Waals surface area contributed by atoms with E-state index in [2.05, 4.69) is 32.4 Å². The van der Waals surface area contributed by atoms with Crippen LogP contribution in [-0.4, -0.2) is 22.4 Å². The molecular weight excluding hydrogens is 232 g/mol. The molecule has 70 valence electrons. The predicted molar refractivity (Wildman–Crippen MR) is 53.0 cm³/mol. The van der Waals surface area contributed by atoms with E-state index >= 15 is 0 Å². The molecule has 0 aliphatic heterocycles. The number of hydrogen-bond acceptors (Lipinski definition) is 3. The molecular formula is C8H11BrN4. The largest absolute Gasteiger partial charge is 0.301 e. The summed E-state index contributed by atoms with van der Waals surface area (Å²) in [5, 5.41) is 15.9. The SMILES string of the molecule is CNC(C)(C#N)Cn1cc(Br)cn1. The van der Waals surface area contributed by atoms with Crippen molar-refractivity contribution in [2.45, 2.75) is 19.0 Å². The van der Waals surface area contributed by atoms with E-state index in [-0.39, 0.29) is 0 Å². The van der Waals surface area contributed by atoms with Crippen LogP contribution in [0.4, 0.5) is 0 Å². The van der Waals surface area contributed by atoms with Gasteiger partial charge in [0.2, 0.25) is 0 Å². The number of nitrogens with zero attached hydrogens (tertiary/aromatic N) is 3. The summed E-state index contributed by atoms with van der Waals surface area (Å²) >= 11 is 3.30. The zero-order chi connectivity index (χ0) is 9.90. The van der Waals surface area contributed by atoms with E-state index in [9.17, 15) is 0 Å². The lowest BCUT2D eigenvalue weighted by Crippen LogP contribution is -2.42. The second-order valence-corrected chi connectivity index (χ2v) is 3.97. The molecule has 0 bridgehead atoms. The Balaban J connectivity index is 2.74. The Labute approximate surface area is 85.7 Å². The van der Waals surface area contributed by atoms with Gasteiger partial charge >= 0.3 is 0 Å². The van der Waals surface area contributed by atoms with Gasteiger partial charge in [0.15, 0.2) is 0 Å². The first-order valence-corrected chi connectivity index (χ1v) is 4.67. The third-order valence-corrected chi connectivity index (χ3v) is 2.29. The first kappa shape index (κ1) is 10.2. The molecule has 5 heteroatoms. The predicted octanol–water partition coefficient (Wildman–Crippen LogP) is 1.15. The van der Waals surface area contributed by atoms with Crippen LogP contribution in [0.25, 0.3) is 0 Å². The van der Waals surface area contributed by atoms with Gasteiger partial charge in [-0.15, -0.1) is 0 Å². The van der Waals surface area contributed by atoms with E-state index < -0.39 is 5.54 Å². The van der Waals surface area contributed by atoms with Crippen molar-refractivity contribution in [2.75, 3.05) is 7.05 Å². The van der Waals surface area contributed by atoms with Crippen molar-refractivity contribution in [3.63, 3.8) is 0 Å². The normalized spacial score (nSPS) is 14.9. The molecule has 1 heterocycles. The fraction of sp³-hybridized carbons (Fsp3) is 0.500. The molecule has 1 aromatic rings. The first-order valence-electron chi connectivity index (χ1n) is 3.88. The lowest BCUT2D eigenvalue weighted by atomic mass is 10.1. The molecule has 0 spiro atoms. The minimum absolute atomic E-state index is 0.533. The molecule has 1 unspecified atom stereocenters. The lowest BCUT2D eigenvalue weighted by Gasteiger charge is -2.20. The molecule has 0 aromatic carbocycles. The highest BCUT2D eigenvalue weighted by Crippen LogP contribution is 2.10. The summed E-state index contributed by atoms with van der Waals surface area (Å²) in [5.74, 6) is 0. The zero-order valence-electron chi connectivity index (χ0n) is 7.58. The van der Waals surface area contributed by atoms with Gasteiger partial charge in [-0.05, 0) is 29.9 Å². The number of nitrogens with one attached hydrogen (secondary N) is 1. The Hall–Kier alpha value is -0.860. The van der Waals surface area contributed by atoms with E-state index in [0.717, 1.165) is 4.47 Å². The minimum Gasteiger partial charge on any atom is -0.301 e. The Kier molecular flexibility index (Phi) is 3.07. The van der Waals surface area contributed by atoms with Gasteiger partial charge in [-0.1, -0.05) is 0 Å².